The van der Waals surface area contributed by atoms with Crippen molar-refractivity contribution in [3.8, 4) is 5.75 Å². The Morgan fingerprint density at radius 2 is 1.74 bits per heavy atom. The van der Waals surface area contributed by atoms with E-state index in [0.29, 0.717) is 11.3 Å². The fourth-order valence-electron chi connectivity index (χ4n) is 2.38. The molecular weight excluding hydrogens is 350 g/mol. The van der Waals surface area contributed by atoms with Crippen LogP contribution < -0.4 is 4.74 Å². The molecule has 0 saturated heterocycles. The Morgan fingerprint density at radius 1 is 1.15 bits per heavy atom. The lowest BCUT2D eigenvalue weighted by molar-refractivity contribution is -0.159. The highest BCUT2D eigenvalue weighted by Crippen LogP contribution is 2.19. The molecule has 0 bridgehead atoms. The average molecular weight is 379 g/mol. The van der Waals surface area contributed by atoms with E-state index in [9.17, 15) is 14.4 Å². The van der Waals surface area contributed by atoms with Crippen molar-refractivity contribution in [3.63, 3.8) is 0 Å². The summed E-state index contributed by atoms with van der Waals surface area (Å²) in [6.07, 6.45) is 0.239. The Morgan fingerprint density at radius 3 is 2.26 bits per heavy atom. The number of hydrogen-bond donors (Lipinski definition) is 0. The molecule has 0 radical (unpaired) electrons. The molecule has 0 heterocycles. The summed E-state index contributed by atoms with van der Waals surface area (Å²) in [6.45, 7) is 6.84. The third-order valence-corrected chi connectivity index (χ3v) is 4.09. The number of benzene rings is 1. The van der Waals surface area contributed by atoms with Crippen LogP contribution in [0.25, 0.3) is 0 Å². The molecule has 0 fully saturated rings. The van der Waals surface area contributed by atoms with Gasteiger partial charge in [0.25, 0.3) is 0 Å². The maximum absolute atomic E-state index is 12.7. The zero-order valence-electron chi connectivity index (χ0n) is 16.9. The van der Waals surface area contributed by atoms with Gasteiger partial charge < -0.3 is 19.1 Å². The van der Waals surface area contributed by atoms with Crippen LogP contribution in [0, 0.1) is 0 Å². The van der Waals surface area contributed by atoms with Crippen LogP contribution in [-0.2, 0) is 19.1 Å². The zero-order chi connectivity index (χ0) is 20.6. The van der Waals surface area contributed by atoms with Gasteiger partial charge in [0.05, 0.1) is 12.5 Å². The number of hydrogen-bond acceptors (Lipinski definition) is 6. The minimum atomic E-state index is -0.929. The normalized spacial score (nSPS) is 12.2. The lowest BCUT2D eigenvalue weighted by atomic mass is 10.0. The van der Waals surface area contributed by atoms with Gasteiger partial charge in [-0.25, -0.2) is 0 Å². The van der Waals surface area contributed by atoms with Crippen molar-refractivity contribution < 1.29 is 28.6 Å². The fourth-order valence-corrected chi connectivity index (χ4v) is 2.38. The van der Waals surface area contributed by atoms with E-state index in [4.69, 9.17) is 14.2 Å². The molecule has 1 atom stereocenters. The first-order valence-corrected chi connectivity index (χ1v) is 8.84. The molecule has 0 aromatic heterocycles. The first-order valence-electron chi connectivity index (χ1n) is 8.84. The van der Waals surface area contributed by atoms with E-state index in [2.05, 4.69) is 0 Å². The van der Waals surface area contributed by atoms with E-state index in [-0.39, 0.29) is 37.3 Å². The van der Waals surface area contributed by atoms with Crippen molar-refractivity contribution in [2.24, 2.45) is 0 Å². The molecule has 1 unspecified atom stereocenters. The molecule has 1 aromatic carbocycles. The molecule has 0 aliphatic rings. The number of carbonyl (C=O) groups excluding carboxylic acids is 3. The quantitative estimate of drug-likeness (QED) is 0.353. The molecule has 0 aliphatic heterocycles. The molecular formula is C20H29NO6. The molecule has 0 saturated carbocycles. The summed E-state index contributed by atoms with van der Waals surface area (Å²) >= 11 is 0. The first kappa shape index (κ1) is 22.6. The van der Waals surface area contributed by atoms with Gasteiger partial charge in [0.1, 0.15) is 11.4 Å². The van der Waals surface area contributed by atoms with E-state index >= 15 is 0 Å². The van der Waals surface area contributed by atoms with Crippen LogP contribution in [0.4, 0.5) is 0 Å². The second-order valence-corrected chi connectivity index (χ2v) is 6.88. The summed E-state index contributed by atoms with van der Waals surface area (Å²) in [7, 11) is 3.09. The number of Topliss-reactive ketones (excluding diaryl/α,β-unsaturated/α-hetero) is 1. The third-order valence-electron chi connectivity index (χ3n) is 4.09. The second kappa shape index (κ2) is 10.1. The van der Waals surface area contributed by atoms with Crippen LogP contribution in [0.3, 0.4) is 0 Å². The number of carbonyl (C=O) groups is 3. The molecule has 1 rings (SSSR count). The smallest absolute Gasteiger partial charge is 0.306 e. The number of rotatable bonds is 10. The van der Waals surface area contributed by atoms with Crippen LogP contribution in [0.15, 0.2) is 24.3 Å². The van der Waals surface area contributed by atoms with Gasteiger partial charge in [0.15, 0.2) is 12.6 Å². The monoisotopic (exact) mass is 379 g/mol. The maximum Gasteiger partial charge on any atom is 0.306 e. The van der Waals surface area contributed by atoms with Gasteiger partial charge in [0, 0.05) is 26.1 Å². The summed E-state index contributed by atoms with van der Waals surface area (Å²) in [5, 5.41) is 0. The highest BCUT2D eigenvalue weighted by atomic mass is 16.7. The predicted molar refractivity (Wildman–Crippen MR) is 101 cm³/mol. The summed E-state index contributed by atoms with van der Waals surface area (Å²) < 4.78 is 15.4. The van der Waals surface area contributed by atoms with Crippen LogP contribution in [0.2, 0.25) is 0 Å². The highest BCUT2D eigenvalue weighted by Gasteiger charge is 2.31. The van der Waals surface area contributed by atoms with Gasteiger partial charge in [-0.2, -0.15) is 0 Å². The van der Waals surface area contributed by atoms with Crippen molar-refractivity contribution in [2.75, 3.05) is 21.0 Å². The minimum absolute atomic E-state index is 0.00332. The van der Waals surface area contributed by atoms with Crippen LogP contribution in [0.1, 0.15) is 50.9 Å². The number of ketones is 1. The minimum Gasteiger partial charge on any atom is -0.468 e. The highest BCUT2D eigenvalue weighted by molar-refractivity contribution is 6.01. The van der Waals surface area contributed by atoms with E-state index in [0.717, 1.165) is 0 Å². The lowest BCUT2D eigenvalue weighted by Crippen LogP contribution is -2.44. The topological polar surface area (TPSA) is 82.1 Å². The van der Waals surface area contributed by atoms with Gasteiger partial charge in [-0.1, -0.05) is 6.92 Å². The van der Waals surface area contributed by atoms with E-state index in [1.54, 1.807) is 59.0 Å². The van der Waals surface area contributed by atoms with Crippen LogP contribution >= 0.6 is 0 Å². The van der Waals surface area contributed by atoms with Crippen molar-refractivity contribution >= 4 is 17.7 Å². The summed E-state index contributed by atoms with van der Waals surface area (Å²) in [6, 6.07) is 5.99. The predicted octanol–water partition coefficient (Wildman–Crippen LogP) is 2.82. The largest absolute Gasteiger partial charge is 0.468 e. The molecule has 0 aliphatic carbocycles. The number of esters is 1. The van der Waals surface area contributed by atoms with Crippen LogP contribution in [-0.4, -0.2) is 55.2 Å². The summed E-state index contributed by atoms with van der Waals surface area (Å²) in [5.41, 5.74) is -0.453. The van der Waals surface area contributed by atoms with E-state index in [1.807, 2.05) is 0 Å². The number of nitrogens with zero attached hydrogens (tertiary/aromatic N) is 1. The molecule has 0 N–H and O–H groups in total. The third kappa shape index (κ3) is 7.02. The molecule has 1 amide bonds. The van der Waals surface area contributed by atoms with Crippen molar-refractivity contribution in [3.05, 3.63) is 29.8 Å². The fraction of sp³-hybridized carbons (Fsp3) is 0.550. The van der Waals surface area contributed by atoms with Gasteiger partial charge in [-0.15, -0.1) is 0 Å². The molecule has 1 aromatic rings. The Kier molecular flexibility index (Phi) is 8.43. The lowest BCUT2D eigenvalue weighted by Gasteiger charge is -2.29. The van der Waals surface area contributed by atoms with Gasteiger partial charge in [-0.05, 0) is 45.0 Å². The average Bonchev–Trinajstić information content (AvgIpc) is 2.63. The van der Waals surface area contributed by atoms with E-state index in [1.165, 1.54) is 12.0 Å². The Balaban J connectivity index is 2.73. The van der Waals surface area contributed by atoms with Gasteiger partial charge in [-0.3, -0.25) is 14.4 Å². The number of amides is 1. The van der Waals surface area contributed by atoms with Crippen molar-refractivity contribution in [1.82, 2.24) is 4.90 Å². The number of methoxy groups -OCH3 is 1. The summed E-state index contributed by atoms with van der Waals surface area (Å²) in [4.78, 5) is 38.0. The maximum atomic E-state index is 12.7. The van der Waals surface area contributed by atoms with Gasteiger partial charge >= 0.3 is 5.97 Å². The first-order chi connectivity index (χ1) is 12.6. The number of ether oxygens (including phenoxy) is 3. The van der Waals surface area contributed by atoms with Crippen molar-refractivity contribution in [1.29, 1.82) is 0 Å². The molecule has 27 heavy (non-hydrogen) atoms. The Labute approximate surface area is 160 Å². The summed E-state index contributed by atoms with van der Waals surface area (Å²) in [5.74, 6) is -0.238. The second-order valence-electron chi connectivity index (χ2n) is 6.88. The molecule has 7 nitrogen and oxygen atoms in total. The van der Waals surface area contributed by atoms with E-state index < -0.39 is 11.6 Å². The Hall–Kier alpha value is -2.41. The van der Waals surface area contributed by atoms with Crippen molar-refractivity contribution in [2.45, 2.75) is 52.2 Å². The molecule has 150 valence electrons. The van der Waals surface area contributed by atoms with Gasteiger partial charge in [0.2, 0.25) is 5.91 Å². The standard InChI is InChI=1S/C20H29NO6/c1-7-18(23)27-20(3,4)12-17(22)21(5)14(2)19(24)15-8-10-16(11-9-15)26-13-25-6/h8-11,14H,7,12-13H2,1-6H3. The molecule has 0 spiro atoms. The molecule has 7 heteroatoms. The zero-order valence-corrected chi connectivity index (χ0v) is 16.9. The SMILES string of the molecule is CCC(=O)OC(C)(C)CC(=O)N(C)C(C)C(=O)c1ccc(OCOC)cc1. The van der Waals surface area contributed by atoms with Crippen LogP contribution in [0.5, 0.6) is 5.75 Å². The number of likely N-dealkylation sites (N-methyl/N-ethyl adjacent to an activating group) is 1. The Bertz CT molecular complexity index is 653.